The molecule has 105 valence electrons. The van der Waals surface area contributed by atoms with E-state index in [1.54, 1.807) is 0 Å². The van der Waals surface area contributed by atoms with Gasteiger partial charge in [0, 0.05) is 6.61 Å². The number of fused-ring (bicyclic) bond motifs is 1. The number of hydrogen-bond donors (Lipinski definition) is 2. The van der Waals surface area contributed by atoms with E-state index in [0.29, 0.717) is 0 Å². The summed E-state index contributed by atoms with van der Waals surface area (Å²) in [4.78, 5) is 11.9. The van der Waals surface area contributed by atoms with Crippen molar-refractivity contribution in [3.8, 4) is 0 Å². The van der Waals surface area contributed by atoms with Crippen LogP contribution < -0.4 is 5.73 Å². The molecule has 0 aliphatic rings. The maximum absolute atomic E-state index is 11.9. The number of aliphatic hydroxyl groups excluding tert-OH is 1. The van der Waals surface area contributed by atoms with Crippen LogP contribution >= 0.6 is 0 Å². The van der Waals surface area contributed by atoms with E-state index in [1.807, 2.05) is 49.4 Å². The summed E-state index contributed by atoms with van der Waals surface area (Å²) in [6.07, 6.45) is 0. The van der Waals surface area contributed by atoms with Crippen molar-refractivity contribution in [2.24, 2.45) is 17.6 Å². The quantitative estimate of drug-likeness (QED) is 0.876. The number of aliphatic hydroxyl groups is 1. The van der Waals surface area contributed by atoms with E-state index in [9.17, 15) is 9.90 Å². The van der Waals surface area contributed by atoms with Crippen LogP contribution in [-0.4, -0.2) is 17.6 Å². The number of carbonyl (C=O) groups is 1. The Morgan fingerprint density at radius 3 is 2.55 bits per heavy atom. The average molecular weight is 270 g/mol. The summed E-state index contributed by atoms with van der Waals surface area (Å²) < 4.78 is 0. The second-order valence-corrected chi connectivity index (χ2v) is 5.27. The average Bonchev–Trinajstić information content (AvgIpc) is 2.46. The van der Waals surface area contributed by atoms with Crippen molar-refractivity contribution in [1.82, 2.24) is 0 Å². The standard InChI is InChI=1S/C17H20NO2/c1-11(10-19)12(2)16(17(18)20)15-9-5-7-13-6-3-4-8-14(13)15/h3-9,11-12,16,19H,2,10H2,1H3,(H2,18,20). The van der Waals surface area contributed by atoms with Gasteiger partial charge in [0.2, 0.25) is 5.91 Å². The summed E-state index contributed by atoms with van der Waals surface area (Å²) in [5.41, 5.74) is 6.48. The van der Waals surface area contributed by atoms with Gasteiger partial charge in [-0.3, -0.25) is 4.79 Å². The zero-order valence-electron chi connectivity index (χ0n) is 11.6. The molecule has 0 spiro atoms. The van der Waals surface area contributed by atoms with Crippen LogP contribution in [-0.2, 0) is 4.79 Å². The third kappa shape index (κ3) is 2.68. The zero-order chi connectivity index (χ0) is 14.7. The molecule has 0 aromatic heterocycles. The van der Waals surface area contributed by atoms with Crippen molar-refractivity contribution >= 4 is 16.7 Å². The number of nitrogens with two attached hydrogens (primary N) is 1. The number of hydrogen-bond acceptors (Lipinski definition) is 2. The van der Waals surface area contributed by atoms with E-state index < -0.39 is 11.8 Å². The monoisotopic (exact) mass is 270 g/mol. The topological polar surface area (TPSA) is 63.3 Å². The number of carbonyl (C=O) groups excluding carboxylic acids is 1. The molecule has 3 unspecified atom stereocenters. The van der Waals surface area contributed by atoms with Crippen molar-refractivity contribution in [1.29, 1.82) is 0 Å². The molecule has 0 fully saturated rings. The normalized spacial score (nSPS) is 15.8. The second-order valence-electron chi connectivity index (χ2n) is 5.27. The maximum atomic E-state index is 11.9. The third-order valence-corrected chi connectivity index (χ3v) is 3.91. The molecule has 0 aliphatic carbocycles. The number of rotatable bonds is 5. The SMILES string of the molecule is [CH2]C(C(C)CO)C(C(N)=O)c1cccc2ccccc12. The van der Waals surface area contributed by atoms with E-state index in [0.717, 1.165) is 16.3 Å². The fraction of sp³-hybridized carbons (Fsp3) is 0.294. The highest BCUT2D eigenvalue weighted by atomic mass is 16.3. The molecule has 3 heteroatoms. The highest BCUT2D eigenvalue weighted by Gasteiger charge is 2.29. The van der Waals surface area contributed by atoms with Crippen LogP contribution in [0, 0.1) is 18.8 Å². The Kier molecular flexibility index (Phi) is 4.40. The van der Waals surface area contributed by atoms with Gasteiger partial charge in [0.25, 0.3) is 0 Å². The van der Waals surface area contributed by atoms with Crippen LogP contribution in [0.25, 0.3) is 10.8 Å². The number of primary amides is 1. The van der Waals surface area contributed by atoms with Crippen molar-refractivity contribution in [3.63, 3.8) is 0 Å². The Morgan fingerprint density at radius 2 is 1.90 bits per heavy atom. The zero-order valence-corrected chi connectivity index (χ0v) is 11.6. The predicted molar refractivity (Wildman–Crippen MR) is 81.0 cm³/mol. The first-order chi connectivity index (χ1) is 9.56. The first-order valence-corrected chi connectivity index (χ1v) is 6.77. The molecule has 0 saturated heterocycles. The van der Waals surface area contributed by atoms with Gasteiger partial charge in [0.15, 0.2) is 0 Å². The Bertz CT molecular complexity index is 603. The van der Waals surface area contributed by atoms with E-state index in [4.69, 9.17) is 5.73 Å². The molecule has 2 rings (SSSR count). The van der Waals surface area contributed by atoms with Crippen LogP contribution in [0.3, 0.4) is 0 Å². The summed E-state index contributed by atoms with van der Waals surface area (Å²) >= 11 is 0. The minimum atomic E-state index is -0.497. The molecule has 0 heterocycles. The smallest absolute Gasteiger partial charge is 0.225 e. The lowest BCUT2D eigenvalue weighted by atomic mass is 9.78. The first-order valence-electron chi connectivity index (χ1n) is 6.77. The van der Waals surface area contributed by atoms with Gasteiger partial charge in [-0.1, -0.05) is 49.4 Å². The fourth-order valence-electron chi connectivity index (χ4n) is 2.58. The largest absolute Gasteiger partial charge is 0.396 e. The third-order valence-electron chi connectivity index (χ3n) is 3.91. The molecule has 3 nitrogen and oxygen atoms in total. The molecular weight excluding hydrogens is 250 g/mol. The van der Waals surface area contributed by atoms with Gasteiger partial charge in [-0.05, 0) is 35.1 Å². The van der Waals surface area contributed by atoms with Gasteiger partial charge in [0.05, 0.1) is 5.92 Å². The lowest BCUT2D eigenvalue weighted by Gasteiger charge is -2.26. The molecule has 2 aromatic rings. The van der Waals surface area contributed by atoms with Crippen molar-refractivity contribution in [2.45, 2.75) is 12.8 Å². The number of amides is 1. The fourth-order valence-corrected chi connectivity index (χ4v) is 2.58. The number of benzene rings is 2. The second kappa shape index (κ2) is 6.06. The molecule has 3 atom stereocenters. The molecule has 0 saturated carbocycles. The molecule has 20 heavy (non-hydrogen) atoms. The van der Waals surface area contributed by atoms with Crippen LogP contribution in [0.15, 0.2) is 42.5 Å². The summed E-state index contributed by atoms with van der Waals surface area (Å²) in [7, 11) is 0. The van der Waals surface area contributed by atoms with Crippen LogP contribution in [0.4, 0.5) is 0 Å². The maximum Gasteiger partial charge on any atom is 0.225 e. The summed E-state index contributed by atoms with van der Waals surface area (Å²) in [5.74, 6) is -1.25. The van der Waals surface area contributed by atoms with Gasteiger partial charge in [-0.25, -0.2) is 0 Å². The summed E-state index contributed by atoms with van der Waals surface area (Å²) in [5, 5.41) is 11.4. The molecular formula is C17H20NO2. The molecule has 2 aromatic carbocycles. The first kappa shape index (κ1) is 14.5. The lowest BCUT2D eigenvalue weighted by Crippen LogP contribution is -2.31. The van der Waals surface area contributed by atoms with Crippen LogP contribution in [0.2, 0.25) is 0 Å². The summed E-state index contributed by atoms with van der Waals surface area (Å²) in [6, 6.07) is 13.7. The van der Waals surface area contributed by atoms with Crippen molar-refractivity contribution in [2.75, 3.05) is 6.61 Å². The highest BCUT2D eigenvalue weighted by Crippen LogP contribution is 2.33. The van der Waals surface area contributed by atoms with E-state index in [-0.39, 0.29) is 18.4 Å². The van der Waals surface area contributed by atoms with Crippen LogP contribution in [0.5, 0.6) is 0 Å². The van der Waals surface area contributed by atoms with Gasteiger partial charge >= 0.3 is 0 Å². The molecule has 1 radical (unpaired) electrons. The Balaban J connectivity index is 2.55. The lowest BCUT2D eigenvalue weighted by molar-refractivity contribution is -0.120. The Morgan fingerprint density at radius 1 is 1.25 bits per heavy atom. The summed E-state index contributed by atoms with van der Waals surface area (Å²) in [6.45, 7) is 5.92. The van der Waals surface area contributed by atoms with Crippen molar-refractivity contribution < 1.29 is 9.90 Å². The van der Waals surface area contributed by atoms with Gasteiger partial charge in [0.1, 0.15) is 0 Å². The Labute approximate surface area is 119 Å². The van der Waals surface area contributed by atoms with Crippen molar-refractivity contribution in [3.05, 3.63) is 55.0 Å². The minimum absolute atomic E-state index is 0.0112. The molecule has 1 amide bonds. The van der Waals surface area contributed by atoms with Gasteiger partial charge < -0.3 is 10.8 Å². The van der Waals surface area contributed by atoms with E-state index >= 15 is 0 Å². The van der Waals surface area contributed by atoms with Gasteiger partial charge in [-0.15, -0.1) is 0 Å². The van der Waals surface area contributed by atoms with Gasteiger partial charge in [-0.2, -0.15) is 0 Å². The molecule has 0 aliphatic heterocycles. The molecule has 3 N–H and O–H groups in total. The van der Waals surface area contributed by atoms with E-state index in [1.165, 1.54) is 0 Å². The van der Waals surface area contributed by atoms with E-state index in [2.05, 4.69) is 6.92 Å². The molecule has 0 bridgehead atoms. The van der Waals surface area contributed by atoms with Crippen LogP contribution in [0.1, 0.15) is 18.4 Å². The predicted octanol–water partition coefficient (Wildman–Crippen LogP) is 2.49. The Hall–Kier alpha value is -1.87. The highest BCUT2D eigenvalue weighted by molar-refractivity contribution is 5.92. The minimum Gasteiger partial charge on any atom is -0.396 e.